The summed E-state index contributed by atoms with van der Waals surface area (Å²) in [4.78, 5) is 0. The predicted molar refractivity (Wildman–Crippen MR) is 194 cm³/mol. The van der Waals surface area contributed by atoms with Crippen LogP contribution in [0, 0.1) is 0 Å². The van der Waals surface area contributed by atoms with Crippen LogP contribution in [0.5, 0.6) is 0 Å². The number of ether oxygens (including phenoxy) is 4. The van der Waals surface area contributed by atoms with Crippen molar-refractivity contribution in [3.05, 3.63) is 25.4 Å². The second-order valence-electron chi connectivity index (χ2n) is 9.17. The Morgan fingerprint density at radius 3 is 1.46 bits per heavy atom. The highest BCUT2D eigenvalue weighted by Crippen LogP contribution is 2.66. The van der Waals surface area contributed by atoms with Crippen molar-refractivity contribution >= 4 is 94.1 Å². The molecule has 0 bridgehead atoms. The molecular formula is C28H46O5S8. The third-order valence-electron chi connectivity index (χ3n) is 5.80. The molecule has 0 amide bonds. The second kappa shape index (κ2) is 25.0. The molecule has 3 aliphatic heterocycles. The van der Waals surface area contributed by atoms with Gasteiger partial charge in [-0.05, 0) is 30.8 Å². The standard InChI is InChI=1S/C28H46O5S8/c1-2-3-4-8-19-34-23-24(35-20-9-6-5-7-10-29)39-27(38-23)28-40-25-26(41-28)37-22-18-33-16-14-31-12-11-30-13-15-32-17-21-36-25/h29H,2-22H2,1H3. The van der Waals surface area contributed by atoms with Gasteiger partial charge in [0.15, 0.2) is 0 Å². The number of aliphatic hydroxyl groups is 1. The summed E-state index contributed by atoms with van der Waals surface area (Å²) < 4.78 is 31.5. The highest BCUT2D eigenvalue weighted by Gasteiger charge is 2.30. The summed E-state index contributed by atoms with van der Waals surface area (Å²) in [5.41, 5.74) is 0. The molecule has 0 unspecified atom stereocenters. The maximum Gasteiger partial charge on any atom is 0.0717 e. The summed E-state index contributed by atoms with van der Waals surface area (Å²) in [6, 6.07) is 0. The lowest BCUT2D eigenvalue weighted by atomic mass is 10.2. The largest absolute Gasteiger partial charge is 0.396 e. The average Bonchev–Trinajstić information content (AvgIpc) is 3.58. The van der Waals surface area contributed by atoms with Gasteiger partial charge < -0.3 is 24.1 Å². The Balaban J connectivity index is 1.57. The molecule has 3 aliphatic rings. The van der Waals surface area contributed by atoms with Gasteiger partial charge >= 0.3 is 0 Å². The molecule has 0 aromatic heterocycles. The molecule has 0 aromatic carbocycles. The number of aliphatic hydroxyl groups excluding tert-OH is 1. The number of unbranched alkanes of at least 4 members (excludes halogenated alkanes) is 6. The average molecular weight is 719 g/mol. The minimum Gasteiger partial charge on any atom is -0.396 e. The molecule has 0 radical (unpaired) electrons. The van der Waals surface area contributed by atoms with Gasteiger partial charge in [0.05, 0.1) is 78.3 Å². The molecule has 13 heteroatoms. The normalized spacial score (nSPS) is 20.9. The van der Waals surface area contributed by atoms with Gasteiger partial charge in [-0.3, -0.25) is 0 Å². The Morgan fingerprint density at radius 1 is 0.537 bits per heavy atom. The first-order valence-corrected chi connectivity index (χ1v) is 21.9. The first-order chi connectivity index (χ1) is 20.3. The van der Waals surface area contributed by atoms with Crippen molar-refractivity contribution in [3.8, 4) is 0 Å². The van der Waals surface area contributed by atoms with Crippen LogP contribution in [0.1, 0.15) is 58.3 Å². The molecule has 0 aliphatic carbocycles. The molecule has 236 valence electrons. The van der Waals surface area contributed by atoms with Crippen LogP contribution < -0.4 is 0 Å². The van der Waals surface area contributed by atoms with Crippen molar-refractivity contribution in [1.29, 1.82) is 0 Å². The highest BCUT2D eigenvalue weighted by molar-refractivity contribution is 8.45. The molecule has 0 atom stereocenters. The van der Waals surface area contributed by atoms with Gasteiger partial charge in [-0.1, -0.05) is 86.1 Å². The lowest BCUT2D eigenvalue weighted by Crippen LogP contribution is -2.13. The van der Waals surface area contributed by atoms with Crippen molar-refractivity contribution < 1.29 is 24.1 Å². The van der Waals surface area contributed by atoms with E-state index in [9.17, 15) is 0 Å². The first kappa shape index (κ1) is 37.3. The Kier molecular flexibility index (Phi) is 22.7. The quantitative estimate of drug-likeness (QED) is 0.184. The van der Waals surface area contributed by atoms with Crippen molar-refractivity contribution in [1.82, 2.24) is 0 Å². The Bertz CT molecular complexity index is 791. The zero-order chi connectivity index (χ0) is 28.8. The molecule has 1 N–H and O–H groups in total. The van der Waals surface area contributed by atoms with Gasteiger partial charge in [-0.25, -0.2) is 0 Å². The molecular weight excluding hydrogens is 673 g/mol. The van der Waals surface area contributed by atoms with Gasteiger partial charge in [0.25, 0.3) is 0 Å². The number of rotatable bonds is 13. The first-order valence-electron chi connectivity index (χ1n) is 14.7. The van der Waals surface area contributed by atoms with Crippen LogP contribution in [0.4, 0.5) is 0 Å². The lowest BCUT2D eigenvalue weighted by Gasteiger charge is -2.09. The van der Waals surface area contributed by atoms with Gasteiger partial charge in [-0.15, -0.1) is 47.0 Å². The molecule has 0 spiro atoms. The molecule has 3 rings (SSSR count). The van der Waals surface area contributed by atoms with E-state index in [0.717, 1.165) is 43.3 Å². The van der Waals surface area contributed by atoms with E-state index in [4.69, 9.17) is 24.1 Å². The number of thioether (sulfide) groups is 8. The Morgan fingerprint density at radius 2 is 0.976 bits per heavy atom. The lowest BCUT2D eigenvalue weighted by molar-refractivity contribution is 0.00147. The maximum absolute atomic E-state index is 9.06. The summed E-state index contributed by atoms with van der Waals surface area (Å²) in [5.74, 6) is 4.27. The molecule has 0 aromatic rings. The van der Waals surface area contributed by atoms with Crippen LogP contribution in [0.3, 0.4) is 0 Å². The molecule has 0 fully saturated rings. The summed E-state index contributed by atoms with van der Waals surface area (Å²) in [5, 5.41) is 9.06. The number of hydrogen-bond acceptors (Lipinski definition) is 13. The molecule has 3 heterocycles. The van der Waals surface area contributed by atoms with E-state index in [1.807, 2.05) is 82.3 Å². The van der Waals surface area contributed by atoms with Gasteiger partial charge in [-0.2, -0.15) is 0 Å². The summed E-state index contributed by atoms with van der Waals surface area (Å²) in [6.45, 7) is 7.73. The van der Waals surface area contributed by atoms with Gasteiger partial charge in [0, 0.05) is 18.1 Å². The van der Waals surface area contributed by atoms with Crippen molar-refractivity contribution in [2.24, 2.45) is 0 Å². The minimum absolute atomic E-state index is 0.314. The van der Waals surface area contributed by atoms with E-state index in [0.29, 0.717) is 46.2 Å². The maximum atomic E-state index is 9.06. The fourth-order valence-electron chi connectivity index (χ4n) is 3.64. The Hall–Kier alpha value is 1.82. The van der Waals surface area contributed by atoms with Crippen molar-refractivity contribution in [2.45, 2.75) is 58.3 Å². The van der Waals surface area contributed by atoms with E-state index in [2.05, 4.69) is 18.7 Å². The summed E-state index contributed by atoms with van der Waals surface area (Å²) in [7, 11) is 0. The number of hydrogen-bond donors (Lipinski definition) is 1. The van der Waals surface area contributed by atoms with Crippen LogP contribution in [0.15, 0.2) is 25.4 Å². The van der Waals surface area contributed by atoms with Crippen LogP contribution >= 0.6 is 94.1 Å². The fourth-order valence-corrected chi connectivity index (χ4v) is 15.6. The van der Waals surface area contributed by atoms with Crippen LogP contribution in [-0.4, -0.2) is 87.6 Å². The van der Waals surface area contributed by atoms with E-state index in [-0.39, 0.29) is 0 Å². The second-order valence-corrected chi connectivity index (χ2v) is 19.2. The monoisotopic (exact) mass is 718 g/mol. The SMILES string of the molecule is CCCCCCSC1=C(SCCCCCCO)SC(=C2SC3=C(SCCOCCOCCOCCOCCS3)S2)S1. The van der Waals surface area contributed by atoms with Crippen LogP contribution in [0.2, 0.25) is 0 Å². The third-order valence-corrected chi connectivity index (χ3v) is 17.5. The molecule has 5 nitrogen and oxygen atoms in total. The van der Waals surface area contributed by atoms with Gasteiger partial charge in [0.1, 0.15) is 0 Å². The van der Waals surface area contributed by atoms with E-state index in [1.165, 1.54) is 69.7 Å². The highest BCUT2D eigenvalue weighted by atomic mass is 32.3. The van der Waals surface area contributed by atoms with E-state index in [1.54, 1.807) is 0 Å². The zero-order valence-corrected chi connectivity index (χ0v) is 30.7. The van der Waals surface area contributed by atoms with Crippen LogP contribution in [-0.2, 0) is 18.9 Å². The third kappa shape index (κ3) is 16.3. The zero-order valence-electron chi connectivity index (χ0n) is 24.2. The smallest absolute Gasteiger partial charge is 0.0717 e. The molecule has 0 saturated carbocycles. The molecule has 0 saturated heterocycles. The van der Waals surface area contributed by atoms with E-state index >= 15 is 0 Å². The Labute approximate surface area is 282 Å². The van der Waals surface area contributed by atoms with Crippen LogP contribution in [0.25, 0.3) is 0 Å². The topological polar surface area (TPSA) is 57.2 Å². The predicted octanol–water partition coefficient (Wildman–Crippen LogP) is 9.47. The summed E-state index contributed by atoms with van der Waals surface area (Å²) >= 11 is 15.9. The molecule has 41 heavy (non-hydrogen) atoms. The van der Waals surface area contributed by atoms with E-state index < -0.39 is 0 Å². The van der Waals surface area contributed by atoms with Crippen molar-refractivity contribution in [2.75, 3.05) is 82.5 Å². The van der Waals surface area contributed by atoms with Crippen molar-refractivity contribution in [3.63, 3.8) is 0 Å². The van der Waals surface area contributed by atoms with Gasteiger partial charge in [0.2, 0.25) is 0 Å². The summed E-state index contributed by atoms with van der Waals surface area (Å²) in [6.07, 6.45) is 9.73. The fraction of sp³-hybridized carbons (Fsp3) is 0.786. The minimum atomic E-state index is 0.314.